The Kier molecular flexibility index (Phi) is 2.73. The van der Waals surface area contributed by atoms with Crippen LogP contribution in [-0.4, -0.2) is 14.5 Å². The van der Waals surface area contributed by atoms with Gasteiger partial charge in [0.15, 0.2) is 0 Å². The molecule has 0 aromatic heterocycles. The summed E-state index contributed by atoms with van der Waals surface area (Å²) < 4.78 is 24.1. The van der Waals surface area contributed by atoms with Gasteiger partial charge in [0.25, 0.3) is 0 Å². The first kappa shape index (κ1) is 8.20. The minimum atomic E-state index is -3.75. The normalized spacial score (nSPS) is 12.5. The average Bonchev–Trinajstić information content (AvgIpc) is 1.21. The summed E-state index contributed by atoms with van der Waals surface area (Å²) in [5.41, 5.74) is 0. The van der Waals surface area contributed by atoms with Crippen molar-refractivity contribution < 1.29 is 12.6 Å². The van der Waals surface area contributed by atoms with Crippen molar-refractivity contribution in [2.45, 2.75) is 20.0 Å². The lowest BCUT2D eigenvalue weighted by atomic mass is 10.5. The molecule has 0 heterocycles. The minimum Gasteiger partial charge on any atom is -0.255 e. The second kappa shape index (κ2) is 2.66. The molecule has 0 radical (unpaired) electrons. The zero-order valence-corrected chi connectivity index (χ0v) is 6.16. The van der Waals surface area contributed by atoms with E-state index in [0.717, 1.165) is 0 Å². The Labute approximate surface area is 53.2 Å². The van der Waals surface area contributed by atoms with Crippen LogP contribution in [0.25, 0.3) is 0 Å². The number of hydrogen-bond acceptors (Lipinski definition) is 3. The van der Waals surface area contributed by atoms with Gasteiger partial charge in [-0.05, 0) is 13.8 Å². The van der Waals surface area contributed by atoms with Crippen molar-refractivity contribution in [1.29, 1.82) is 0 Å². The van der Waals surface area contributed by atoms with Gasteiger partial charge in [-0.25, -0.2) is 0 Å². The van der Waals surface area contributed by atoms with Crippen molar-refractivity contribution >= 4 is 20.0 Å². The predicted octanol–water partition coefficient (Wildman–Crippen LogP) is 0.895. The van der Waals surface area contributed by atoms with Crippen LogP contribution in [0, 0.1) is 0 Å². The standard InChI is InChI=1S/C3H7ClO3S/c1-3(2)7-8(4,5)6/h3H,1-2H3. The summed E-state index contributed by atoms with van der Waals surface area (Å²) >= 11 is 0. The molecule has 0 atom stereocenters. The molecule has 8 heavy (non-hydrogen) atoms. The maximum Gasteiger partial charge on any atom is 0.355 e. The van der Waals surface area contributed by atoms with Gasteiger partial charge in [0.1, 0.15) is 0 Å². The third kappa shape index (κ3) is 6.20. The van der Waals surface area contributed by atoms with Crippen LogP contribution in [-0.2, 0) is 13.5 Å². The molecule has 0 saturated heterocycles. The van der Waals surface area contributed by atoms with Gasteiger partial charge < -0.3 is 0 Å². The Balaban J connectivity index is 3.75. The molecule has 0 spiro atoms. The number of hydrogen-bond donors (Lipinski definition) is 0. The quantitative estimate of drug-likeness (QED) is 0.561. The van der Waals surface area contributed by atoms with E-state index < -0.39 is 9.33 Å². The van der Waals surface area contributed by atoms with Gasteiger partial charge in [-0.3, -0.25) is 4.18 Å². The zero-order valence-electron chi connectivity index (χ0n) is 4.59. The SMILES string of the molecule is CC(C)OS(=O)(=O)Cl. The van der Waals surface area contributed by atoms with E-state index in [2.05, 4.69) is 14.9 Å². The van der Waals surface area contributed by atoms with E-state index in [1.165, 1.54) is 0 Å². The lowest BCUT2D eigenvalue weighted by Crippen LogP contribution is -2.05. The third-order valence-electron chi connectivity index (χ3n) is 0.307. The fraction of sp³-hybridized carbons (Fsp3) is 1.00. The molecule has 0 unspecified atom stereocenters. The highest BCUT2D eigenvalue weighted by molar-refractivity contribution is 8.10. The molecule has 0 fully saturated rings. The van der Waals surface area contributed by atoms with Gasteiger partial charge in [0.2, 0.25) is 0 Å². The highest BCUT2D eigenvalue weighted by Crippen LogP contribution is 2.01. The molecule has 0 bridgehead atoms. The predicted molar refractivity (Wildman–Crippen MR) is 31.0 cm³/mol. The van der Waals surface area contributed by atoms with Crippen LogP contribution in [0.4, 0.5) is 0 Å². The number of rotatable bonds is 2. The summed E-state index contributed by atoms with van der Waals surface area (Å²) in [7, 11) is 0.927. The summed E-state index contributed by atoms with van der Waals surface area (Å²) in [5, 5.41) is 0. The van der Waals surface area contributed by atoms with E-state index in [9.17, 15) is 8.42 Å². The summed E-state index contributed by atoms with van der Waals surface area (Å²) in [6, 6.07) is 0. The van der Waals surface area contributed by atoms with Crippen LogP contribution < -0.4 is 0 Å². The van der Waals surface area contributed by atoms with Crippen molar-refractivity contribution in [3.8, 4) is 0 Å². The molecule has 5 heteroatoms. The summed E-state index contributed by atoms with van der Waals surface area (Å²) in [5.74, 6) is 0. The second-order valence-corrected chi connectivity index (χ2v) is 3.65. The molecular weight excluding hydrogens is 152 g/mol. The van der Waals surface area contributed by atoms with E-state index in [0.29, 0.717) is 0 Å². The van der Waals surface area contributed by atoms with Crippen LogP contribution >= 0.6 is 10.7 Å². The van der Waals surface area contributed by atoms with Crippen LogP contribution in [0.2, 0.25) is 0 Å². The summed E-state index contributed by atoms with van der Waals surface area (Å²) in [6.07, 6.45) is -0.377. The maximum atomic E-state index is 9.98. The molecular formula is C3H7ClO3S. The summed E-state index contributed by atoms with van der Waals surface area (Å²) in [4.78, 5) is 0. The van der Waals surface area contributed by atoms with Crippen LogP contribution in [0.3, 0.4) is 0 Å². The van der Waals surface area contributed by atoms with Crippen molar-refractivity contribution in [1.82, 2.24) is 0 Å². The minimum absolute atomic E-state index is 0.377. The first-order chi connectivity index (χ1) is 3.42. The Morgan fingerprint density at radius 2 is 1.88 bits per heavy atom. The van der Waals surface area contributed by atoms with Gasteiger partial charge >= 0.3 is 9.33 Å². The average molecular weight is 159 g/mol. The fourth-order valence-corrected chi connectivity index (χ4v) is 1.13. The zero-order chi connectivity index (χ0) is 6.78. The van der Waals surface area contributed by atoms with Crippen LogP contribution in [0.1, 0.15) is 13.8 Å². The van der Waals surface area contributed by atoms with Gasteiger partial charge in [-0.15, -0.1) is 0 Å². The van der Waals surface area contributed by atoms with Gasteiger partial charge in [-0.2, -0.15) is 8.42 Å². The first-order valence-electron chi connectivity index (χ1n) is 2.04. The van der Waals surface area contributed by atoms with Crippen molar-refractivity contribution in [3.63, 3.8) is 0 Å². The molecule has 3 nitrogen and oxygen atoms in total. The second-order valence-electron chi connectivity index (χ2n) is 1.54. The molecule has 0 aromatic carbocycles. The molecule has 50 valence electrons. The smallest absolute Gasteiger partial charge is 0.255 e. The van der Waals surface area contributed by atoms with E-state index in [-0.39, 0.29) is 6.10 Å². The van der Waals surface area contributed by atoms with Crippen molar-refractivity contribution in [2.24, 2.45) is 0 Å². The number of halogens is 1. The van der Waals surface area contributed by atoms with Crippen molar-refractivity contribution in [3.05, 3.63) is 0 Å². The van der Waals surface area contributed by atoms with Gasteiger partial charge in [-0.1, -0.05) is 0 Å². The molecule has 0 aliphatic heterocycles. The van der Waals surface area contributed by atoms with Crippen LogP contribution in [0.5, 0.6) is 0 Å². The maximum absolute atomic E-state index is 9.98. The molecule has 0 saturated carbocycles. The first-order valence-corrected chi connectivity index (χ1v) is 4.28. The largest absolute Gasteiger partial charge is 0.355 e. The molecule has 0 rings (SSSR count). The Bertz CT molecular complexity index is 148. The Hall–Kier alpha value is 0.200. The highest BCUT2D eigenvalue weighted by Gasteiger charge is 2.06. The van der Waals surface area contributed by atoms with Gasteiger partial charge in [0, 0.05) is 10.7 Å². The van der Waals surface area contributed by atoms with Gasteiger partial charge in [0.05, 0.1) is 6.10 Å². The monoisotopic (exact) mass is 158 g/mol. The van der Waals surface area contributed by atoms with E-state index in [1.807, 2.05) is 0 Å². The lowest BCUT2D eigenvalue weighted by Gasteiger charge is -1.99. The molecule has 0 aromatic rings. The molecule has 0 N–H and O–H groups in total. The highest BCUT2D eigenvalue weighted by atomic mass is 35.7. The van der Waals surface area contributed by atoms with E-state index in [4.69, 9.17) is 0 Å². The third-order valence-corrected chi connectivity index (χ3v) is 1.14. The van der Waals surface area contributed by atoms with E-state index in [1.54, 1.807) is 13.8 Å². The molecule has 0 aliphatic rings. The summed E-state index contributed by atoms with van der Waals surface area (Å²) in [6.45, 7) is 3.17. The fourth-order valence-electron chi connectivity index (χ4n) is 0.230. The molecule has 0 aliphatic carbocycles. The lowest BCUT2D eigenvalue weighted by molar-refractivity contribution is 0.257. The van der Waals surface area contributed by atoms with Crippen molar-refractivity contribution in [2.75, 3.05) is 0 Å². The van der Waals surface area contributed by atoms with E-state index >= 15 is 0 Å². The Morgan fingerprint density at radius 3 is 1.88 bits per heavy atom. The Morgan fingerprint density at radius 1 is 1.50 bits per heavy atom. The topological polar surface area (TPSA) is 43.4 Å². The molecule has 0 amide bonds. The van der Waals surface area contributed by atoms with Crippen LogP contribution in [0.15, 0.2) is 0 Å².